The van der Waals surface area contributed by atoms with Gasteiger partial charge in [-0.1, -0.05) is 20.8 Å². The fourth-order valence-corrected chi connectivity index (χ4v) is 1.98. The topological polar surface area (TPSA) is 20.2 Å². The summed E-state index contributed by atoms with van der Waals surface area (Å²) in [5, 5.41) is 9.31. The molecule has 2 heteroatoms. The van der Waals surface area contributed by atoms with Crippen LogP contribution in [0.3, 0.4) is 0 Å². The van der Waals surface area contributed by atoms with Crippen LogP contribution >= 0.6 is 11.3 Å². The molecule has 0 aliphatic rings. The van der Waals surface area contributed by atoms with Gasteiger partial charge in [0.2, 0.25) is 0 Å². The maximum Gasteiger partial charge on any atom is 0.0854 e. The van der Waals surface area contributed by atoms with Crippen LogP contribution in [0.4, 0.5) is 0 Å². The van der Waals surface area contributed by atoms with E-state index in [2.05, 4.69) is 26.8 Å². The summed E-state index contributed by atoms with van der Waals surface area (Å²) in [6, 6.07) is 4.11. The Bertz CT molecular complexity index is 255. The van der Waals surface area contributed by atoms with Crippen LogP contribution in [0.15, 0.2) is 12.1 Å². The van der Waals surface area contributed by atoms with Crippen molar-refractivity contribution in [1.82, 2.24) is 0 Å². The van der Waals surface area contributed by atoms with Gasteiger partial charge in [-0.3, -0.25) is 0 Å². The first-order chi connectivity index (χ1) is 5.41. The van der Waals surface area contributed by atoms with Gasteiger partial charge in [-0.2, -0.15) is 0 Å². The van der Waals surface area contributed by atoms with Crippen molar-refractivity contribution in [2.75, 3.05) is 0 Å². The fraction of sp³-hybridized carbons (Fsp3) is 0.600. The normalized spacial score (nSPS) is 14.8. The Kier molecular flexibility index (Phi) is 2.59. The molecule has 0 spiro atoms. The molecule has 0 saturated carbocycles. The molecular formula is C10H16OS. The van der Waals surface area contributed by atoms with Crippen LogP contribution in [-0.2, 0) is 5.41 Å². The average Bonchev–Trinajstić information content (AvgIpc) is 2.30. The molecule has 0 saturated heterocycles. The van der Waals surface area contributed by atoms with Crippen LogP contribution in [0, 0.1) is 0 Å². The number of aliphatic hydroxyl groups excluding tert-OH is 1. The molecule has 12 heavy (non-hydrogen) atoms. The molecule has 1 nitrogen and oxygen atoms in total. The van der Waals surface area contributed by atoms with E-state index < -0.39 is 0 Å². The van der Waals surface area contributed by atoms with E-state index in [1.807, 2.05) is 6.07 Å². The highest BCUT2D eigenvalue weighted by atomic mass is 32.1. The molecule has 0 aliphatic heterocycles. The van der Waals surface area contributed by atoms with Gasteiger partial charge >= 0.3 is 0 Å². The van der Waals surface area contributed by atoms with Crippen LogP contribution < -0.4 is 0 Å². The van der Waals surface area contributed by atoms with E-state index in [1.54, 1.807) is 18.3 Å². The molecule has 0 unspecified atom stereocenters. The monoisotopic (exact) mass is 184 g/mol. The lowest BCUT2D eigenvalue weighted by Gasteiger charge is -2.15. The summed E-state index contributed by atoms with van der Waals surface area (Å²) in [6.07, 6.45) is -0.328. The highest BCUT2D eigenvalue weighted by Crippen LogP contribution is 2.31. The van der Waals surface area contributed by atoms with Crippen molar-refractivity contribution < 1.29 is 5.11 Å². The van der Waals surface area contributed by atoms with Crippen LogP contribution in [0.5, 0.6) is 0 Å². The quantitative estimate of drug-likeness (QED) is 0.711. The highest BCUT2D eigenvalue weighted by molar-refractivity contribution is 7.12. The molecule has 1 atom stereocenters. The van der Waals surface area contributed by atoms with Crippen molar-refractivity contribution in [3.63, 3.8) is 0 Å². The van der Waals surface area contributed by atoms with E-state index in [0.717, 1.165) is 4.88 Å². The van der Waals surface area contributed by atoms with E-state index in [0.29, 0.717) is 0 Å². The lowest BCUT2D eigenvalue weighted by molar-refractivity contribution is 0.203. The molecule has 0 fully saturated rings. The highest BCUT2D eigenvalue weighted by Gasteiger charge is 2.16. The molecule has 0 radical (unpaired) electrons. The Balaban J connectivity index is 2.92. The van der Waals surface area contributed by atoms with Gasteiger partial charge in [-0.15, -0.1) is 11.3 Å². The third kappa shape index (κ3) is 2.08. The first kappa shape index (κ1) is 9.75. The molecule has 68 valence electrons. The fourth-order valence-electron chi connectivity index (χ4n) is 0.980. The molecule has 1 aromatic rings. The molecule has 1 aromatic heterocycles. The van der Waals surface area contributed by atoms with Gasteiger partial charge in [-0.25, -0.2) is 0 Å². The second-order valence-corrected chi connectivity index (χ2v) is 5.24. The first-order valence-corrected chi connectivity index (χ1v) is 5.01. The van der Waals surface area contributed by atoms with Crippen molar-refractivity contribution >= 4 is 11.3 Å². The lowest BCUT2D eigenvalue weighted by Crippen LogP contribution is -2.07. The van der Waals surface area contributed by atoms with Crippen molar-refractivity contribution in [2.45, 2.75) is 39.2 Å². The lowest BCUT2D eigenvalue weighted by atomic mass is 9.95. The average molecular weight is 184 g/mol. The summed E-state index contributed by atoms with van der Waals surface area (Å²) >= 11 is 1.70. The Labute approximate surface area is 78.1 Å². The summed E-state index contributed by atoms with van der Waals surface area (Å²) < 4.78 is 0. The number of rotatable bonds is 1. The van der Waals surface area contributed by atoms with E-state index in [1.165, 1.54) is 4.88 Å². The second kappa shape index (κ2) is 3.19. The first-order valence-electron chi connectivity index (χ1n) is 4.19. The maximum absolute atomic E-state index is 9.31. The molecule has 0 amide bonds. The number of hydrogen-bond donors (Lipinski definition) is 1. The SMILES string of the molecule is C[C@H](O)c1ccc(C(C)(C)C)s1. The Morgan fingerprint density at radius 3 is 2.17 bits per heavy atom. The largest absolute Gasteiger partial charge is 0.388 e. The predicted octanol–water partition coefficient (Wildman–Crippen LogP) is 3.10. The predicted molar refractivity (Wildman–Crippen MR) is 53.7 cm³/mol. The standard InChI is InChI=1S/C10H16OS/c1-7(11)8-5-6-9(12-8)10(2,3)4/h5-7,11H,1-4H3/t7-/m0/s1. The zero-order chi connectivity index (χ0) is 9.35. The Hall–Kier alpha value is -0.340. The smallest absolute Gasteiger partial charge is 0.0854 e. The van der Waals surface area contributed by atoms with Crippen LogP contribution in [0.1, 0.15) is 43.6 Å². The molecule has 1 heterocycles. The second-order valence-electron chi connectivity index (χ2n) is 4.13. The van der Waals surface area contributed by atoms with E-state index in [-0.39, 0.29) is 11.5 Å². The number of thiophene rings is 1. The zero-order valence-corrected chi connectivity index (χ0v) is 8.90. The molecule has 0 aromatic carbocycles. The number of aliphatic hydroxyl groups is 1. The molecule has 0 aliphatic carbocycles. The zero-order valence-electron chi connectivity index (χ0n) is 8.09. The van der Waals surface area contributed by atoms with Crippen molar-refractivity contribution in [3.8, 4) is 0 Å². The van der Waals surface area contributed by atoms with E-state index in [4.69, 9.17) is 0 Å². The summed E-state index contributed by atoms with van der Waals surface area (Å²) in [4.78, 5) is 2.39. The summed E-state index contributed by atoms with van der Waals surface area (Å²) in [6.45, 7) is 8.36. The van der Waals surface area contributed by atoms with Crippen molar-refractivity contribution in [1.29, 1.82) is 0 Å². The number of hydrogen-bond acceptors (Lipinski definition) is 2. The van der Waals surface area contributed by atoms with Gasteiger partial charge in [0.25, 0.3) is 0 Å². The summed E-state index contributed by atoms with van der Waals surface area (Å²) in [5.74, 6) is 0. The molecule has 1 rings (SSSR count). The van der Waals surface area contributed by atoms with Gasteiger partial charge in [0, 0.05) is 9.75 Å². The Morgan fingerprint density at radius 1 is 1.33 bits per heavy atom. The van der Waals surface area contributed by atoms with Crippen molar-refractivity contribution in [3.05, 3.63) is 21.9 Å². The van der Waals surface area contributed by atoms with Gasteiger partial charge < -0.3 is 5.11 Å². The van der Waals surface area contributed by atoms with Crippen LogP contribution in [-0.4, -0.2) is 5.11 Å². The third-order valence-corrected chi connectivity index (χ3v) is 3.46. The minimum Gasteiger partial charge on any atom is -0.388 e. The van der Waals surface area contributed by atoms with Crippen LogP contribution in [0.25, 0.3) is 0 Å². The van der Waals surface area contributed by atoms with Crippen molar-refractivity contribution in [2.24, 2.45) is 0 Å². The van der Waals surface area contributed by atoms with Gasteiger partial charge in [-0.05, 0) is 24.5 Å². The summed E-state index contributed by atoms with van der Waals surface area (Å²) in [5.41, 5.74) is 0.206. The molecule has 0 bridgehead atoms. The molecular weight excluding hydrogens is 168 g/mol. The van der Waals surface area contributed by atoms with E-state index >= 15 is 0 Å². The van der Waals surface area contributed by atoms with Gasteiger partial charge in [0.15, 0.2) is 0 Å². The third-order valence-electron chi connectivity index (χ3n) is 1.78. The van der Waals surface area contributed by atoms with Crippen LogP contribution in [0.2, 0.25) is 0 Å². The molecule has 1 N–H and O–H groups in total. The van der Waals surface area contributed by atoms with Gasteiger partial charge in [0.1, 0.15) is 0 Å². The summed E-state index contributed by atoms with van der Waals surface area (Å²) in [7, 11) is 0. The van der Waals surface area contributed by atoms with E-state index in [9.17, 15) is 5.11 Å². The Morgan fingerprint density at radius 2 is 1.92 bits per heavy atom. The minimum absolute atomic E-state index is 0.206. The maximum atomic E-state index is 9.31. The van der Waals surface area contributed by atoms with Gasteiger partial charge in [0.05, 0.1) is 6.10 Å². The minimum atomic E-state index is -0.328.